The molecule has 0 aliphatic carbocycles. The Morgan fingerprint density at radius 2 is 1.93 bits per heavy atom. The first-order valence-electron chi connectivity index (χ1n) is 9.57. The number of hydrogen-bond donors (Lipinski definition) is 1. The van der Waals surface area contributed by atoms with E-state index < -0.39 is 0 Å². The molecule has 0 unspecified atom stereocenters. The summed E-state index contributed by atoms with van der Waals surface area (Å²) in [5.74, 6) is 0.485. The van der Waals surface area contributed by atoms with Crippen LogP contribution in [-0.2, 0) is 23.6 Å². The average Bonchev–Trinajstić information content (AvgIpc) is 2.70. The van der Waals surface area contributed by atoms with Gasteiger partial charge in [0.2, 0.25) is 5.91 Å². The highest BCUT2D eigenvalue weighted by Crippen LogP contribution is 2.21. The van der Waals surface area contributed by atoms with Gasteiger partial charge in [0.25, 0.3) is 5.56 Å². The first-order chi connectivity index (χ1) is 13.0. The standard InChI is InChI=1S/C18H29N5O4/c1-20-15(12-16(24)21(2)18(20)26)23-6-3-4-14(13-23)17(25)19-5-7-22-8-10-27-11-9-22/h12,14H,3-11,13H2,1-2H3,(H,19,25)/t14-/m0/s1. The van der Waals surface area contributed by atoms with Crippen molar-refractivity contribution in [2.75, 3.05) is 57.4 Å². The zero-order valence-corrected chi connectivity index (χ0v) is 16.1. The van der Waals surface area contributed by atoms with Crippen molar-refractivity contribution < 1.29 is 9.53 Å². The quantitative estimate of drug-likeness (QED) is 0.688. The highest BCUT2D eigenvalue weighted by molar-refractivity contribution is 5.79. The molecule has 0 spiro atoms. The van der Waals surface area contributed by atoms with Gasteiger partial charge >= 0.3 is 5.69 Å². The maximum atomic E-state index is 12.6. The third kappa shape index (κ3) is 4.59. The van der Waals surface area contributed by atoms with Crippen LogP contribution in [0.25, 0.3) is 0 Å². The van der Waals surface area contributed by atoms with Crippen molar-refractivity contribution in [3.8, 4) is 0 Å². The van der Waals surface area contributed by atoms with E-state index in [4.69, 9.17) is 4.74 Å². The molecule has 2 aliphatic rings. The van der Waals surface area contributed by atoms with Gasteiger partial charge in [-0.3, -0.25) is 23.6 Å². The lowest BCUT2D eigenvalue weighted by atomic mass is 9.97. The molecule has 0 aromatic carbocycles. The molecule has 2 fully saturated rings. The molecule has 1 atom stereocenters. The summed E-state index contributed by atoms with van der Waals surface area (Å²) in [5.41, 5.74) is -0.681. The van der Waals surface area contributed by atoms with Crippen LogP contribution in [0.1, 0.15) is 12.8 Å². The molecule has 0 radical (unpaired) electrons. The van der Waals surface area contributed by atoms with Crippen LogP contribution in [0.2, 0.25) is 0 Å². The fraction of sp³-hybridized carbons (Fsp3) is 0.722. The summed E-state index contributed by atoms with van der Waals surface area (Å²) in [6.45, 7) is 6.02. The molecular formula is C18H29N5O4. The van der Waals surface area contributed by atoms with Gasteiger partial charge in [0.05, 0.1) is 19.1 Å². The molecule has 2 saturated heterocycles. The van der Waals surface area contributed by atoms with E-state index in [0.717, 1.165) is 56.8 Å². The fourth-order valence-electron chi connectivity index (χ4n) is 3.73. The van der Waals surface area contributed by atoms with Crippen LogP contribution in [0.5, 0.6) is 0 Å². The maximum absolute atomic E-state index is 12.6. The SMILES string of the molecule is Cn1c(N2CCC[C@H](C(=O)NCCN3CCOCC3)C2)cc(=O)n(C)c1=O. The minimum Gasteiger partial charge on any atom is -0.379 e. The Morgan fingerprint density at radius 1 is 1.19 bits per heavy atom. The number of piperidine rings is 1. The van der Waals surface area contributed by atoms with Crippen molar-refractivity contribution in [3.05, 3.63) is 26.9 Å². The number of ether oxygens (including phenoxy) is 1. The van der Waals surface area contributed by atoms with E-state index in [1.807, 2.05) is 4.90 Å². The Bertz CT molecular complexity index is 781. The summed E-state index contributed by atoms with van der Waals surface area (Å²) in [6, 6.07) is 1.47. The summed E-state index contributed by atoms with van der Waals surface area (Å²) >= 11 is 0. The largest absolute Gasteiger partial charge is 0.379 e. The second-order valence-electron chi connectivity index (χ2n) is 7.27. The lowest BCUT2D eigenvalue weighted by molar-refractivity contribution is -0.125. The Kier molecular flexibility index (Phi) is 6.33. The summed E-state index contributed by atoms with van der Waals surface area (Å²) in [7, 11) is 3.12. The zero-order valence-electron chi connectivity index (χ0n) is 16.1. The van der Waals surface area contributed by atoms with Crippen LogP contribution < -0.4 is 21.5 Å². The van der Waals surface area contributed by atoms with Crippen LogP contribution >= 0.6 is 0 Å². The molecule has 150 valence electrons. The number of rotatable bonds is 5. The van der Waals surface area contributed by atoms with Gasteiger partial charge in [-0.15, -0.1) is 0 Å². The topological polar surface area (TPSA) is 88.8 Å². The van der Waals surface area contributed by atoms with Gasteiger partial charge in [0.15, 0.2) is 0 Å². The highest BCUT2D eigenvalue weighted by Gasteiger charge is 2.27. The number of morpholine rings is 1. The molecule has 9 nitrogen and oxygen atoms in total. The normalized spacial score (nSPS) is 21.3. The molecule has 3 heterocycles. The number of anilines is 1. The lowest BCUT2D eigenvalue weighted by Crippen LogP contribution is -2.48. The Hall–Kier alpha value is -2.13. The molecule has 0 bridgehead atoms. The lowest BCUT2D eigenvalue weighted by Gasteiger charge is -2.34. The van der Waals surface area contributed by atoms with Gasteiger partial charge in [0, 0.05) is 59.4 Å². The van der Waals surface area contributed by atoms with E-state index in [9.17, 15) is 14.4 Å². The maximum Gasteiger partial charge on any atom is 0.332 e. The number of nitrogens with zero attached hydrogens (tertiary/aromatic N) is 4. The third-order valence-corrected chi connectivity index (χ3v) is 5.45. The molecule has 27 heavy (non-hydrogen) atoms. The van der Waals surface area contributed by atoms with Crippen LogP contribution in [0.3, 0.4) is 0 Å². The van der Waals surface area contributed by atoms with Crippen molar-refractivity contribution in [2.24, 2.45) is 20.0 Å². The Labute approximate surface area is 158 Å². The Balaban J connectivity index is 1.58. The summed E-state index contributed by atoms with van der Waals surface area (Å²) in [6.07, 6.45) is 1.67. The molecule has 3 rings (SSSR count). The molecule has 1 aromatic heterocycles. The van der Waals surface area contributed by atoms with E-state index in [2.05, 4.69) is 10.2 Å². The van der Waals surface area contributed by atoms with Crippen molar-refractivity contribution in [1.29, 1.82) is 0 Å². The fourth-order valence-corrected chi connectivity index (χ4v) is 3.73. The first kappa shape index (κ1) is 19.6. The number of hydrogen-bond acceptors (Lipinski definition) is 6. The number of aromatic nitrogens is 2. The molecule has 0 saturated carbocycles. The Morgan fingerprint density at radius 3 is 2.67 bits per heavy atom. The third-order valence-electron chi connectivity index (χ3n) is 5.45. The summed E-state index contributed by atoms with van der Waals surface area (Å²) in [5, 5.41) is 3.04. The summed E-state index contributed by atoms with van der Waals surface area (Å²) in [4.78, 5) is 41.0. The van der Waals surface area contributed by atoms with Gasteiger partial charge in [-0.25, -0.2) is 4.79 Å². The minimum atomic E-state index is -0.352. The second kappa shape index (κ2) is 8.71. The number of amides is 1. The van der Waals surface area contributed by atoms with Crippen molar-refractivity contribution in [3.63, 3.8) is 0 Å². The van der Waals surface area contributed by atoms with E-state index in [1.54, 1.807) is 7.05 Å². The van der Waals surface area contributed by atoms with Crippen molar-refractivity contribution in [2.45, 2.75) is 12.8 Å². The first-order valence-corrected chi connectivity index (χ1v) is 9.57. The zero-order chi connectivity index (χ0) is 19.4. The number of carbonyl (C=O) groups excluding carboxylic acids is 1. The van der Waals surface area contributed by atoms with Gasteiger partial charge < -0.3 is 15.0 Å². The van der Waals surface area contributed by atoms with E-state index in [-0.39, 0.29) is 23.1 Å². The molecule has 9 heteroatoms. The summed E-state index contributed by atoms with van der Waals surface area (Å²) < 4.78 is 7.89. The van der Waals surface area contributed by atoms with E-state index in [0.29, 0.717) is 18.9 Å². The van der Waals surface area contributed by atoms with Gasteiger partial charge in [-0.2, -0.15) is 0 Å². The minimum absolute atomic E-state index is 0.0433. The predicted molar refractivity (Wildman–Crippen MR) is 102 cm³/mol. The second-order valence-corrected chi connectivity index (χ2v) is 7.27. The molecule has 2 aliphatic heterocycles. The molecule has 1 N–H and O–H groups in total. The van der Waals surface area contributed by atoms with Crippen LogP contribution in [0.4, 0.5) is 5.82 Å². The van der Waals surface area contributed by atoms with Gasteiger partial charge in [-0.1, -0.05) is 0 Å². The molecule has 1 aromatic rings. The smallest absolute Gasteiger partial charge is 0.332 e. The van der Waals surface area contributed by atoms with Crippen LogP contribution in [0.15, 0.2) is 15.7 Å². The van der Waals surface area contributed by atoms with Crippen molar-refractivity contribution in [1.82, 2.24) is 19.4 Å². The average molecular weight is 379 g/mol. The number of nitrogens with one attached hydrogen (secondary N) is 1. The molecular weight excluding hydrogens is 350 g/mol. The van der Waals surface area contributed by atoms with Crippen LogP contribution in [-0.4, -0.2) is 72.4 Å². The monoisotopic (exact) mass is 379 g/mol. The number of carbonyl (C=O) groups is 1. The van der Waals surface area contributed by atoms with Gasteiger partial charge in [-0.05, 0) is 12.8 Å². The van der Waals surface area contributed by atoms with Crippen LogP contribution in [0, 0.1) is 5.92 Å². The molecule has 1 amide bonds. The van der Waals surface area contributed by atoms with E-state index in [1.165, 1.54) is 17.7 Å². The van der Waals surface area contributed by atoms with Gasteiger partial charge in [0.1, 0.15) is 5.82 Å². The highest BCUT2D eigenvalue weighted by atomic mass is 16.5. The van der Waals surface area contributed by atoms with E-state index >= 15 is 0 Å². The van der Waals surface area contributed by atoms with Crippen molar-refractivity contribution >= 4 is 11.7 Å². The predicted octanol–water partition coefficient (Wildman–Crippen LogP) is -1.25.